The molecule has 0 aliphatic carbocycles. The summed E-state index contributed by atoms with van der Waals surface area (Å²) in [5.41, 5.74) is 0.940. The summed E-state index contributed by atoms with van der Waals surface area (Å²) in [7, 11) is 3.85. The molecule has 7 nitrogen and oxygen atoms in total. The molecule has 1 aromatic carbocycles. The molecular formula is C16H19Cl2N5O2. The lowest BCUT2D eigenvalue weighted by molar-refractivity contribution is -0.123. The van der Waals surface area contributed by atoms with Crippen molar-refractivity contribution in [1.29, 1.82) is 0 Å². The zero-order valence-electron chi connectivity index (χ0n) is 13.9. The highest BCUT2D eigenvalue weighted by molar-refractivity contribution is 6.35. The van der Waals surface area contributed by atoms with E-state index in [1.807, 2.05) is 25.1 Å². The smallest absolute Gasteiger partial charge is 0.258 e. The minimum absolute atomic E-state index is 0.128. The molecule has 0 bridgehead atoms. The number of anilines is 2. The molecule has 25 heavy (non-hydrogen) atoms. The fraction of sp³-hybridized carbons (Fsp3) is 0.312. The van der Waals surface area contributed by atoms with Crippen molar-refractivity contribution in [1.82, 2.24) is 15.5 Å². The number of aromatic nitrogens is 2. The third-order valence-corrected chi connectivity index (χ3v) is 3.69. The summed E-state index contributed by atoms with van der Waals surface area (Å²) >= 11 is 11.8. The molecule has 0 saturated heterocycles. The Kier molecular flexibility index (Phi) is 7.09. The van der Waals surface area contributed by atoms with Gasteiger partial charge in [-0.05, 0) is 18.2 Å². The Morgan fingerprint density at radius 2 is 2.04 bits per heavy atom. The fourth-order valence-corrected chi connectivity index (χ4v) is 2.33. The number of amides is 1. The largest absolute Gasteiger partial charge is 0.482 e. The number of hydrogen-bond donors (Lipinski definition) is 2. The number of halogens is 2. The second-order valence-corrected chi connectivity index (χ2v) is 6.18. The van der Waals surface area contributed by atoms with Crippen LogP contribution in [0.4, 0.5) is 11.5 Å². The number of nitrogens with zero attached hydrogens (tertiary/aromatic N) is 3. The number of carbonyl (C=O) groups is 1. The number of hydrogen-bond acceptors (Lipinski definition) is 6. The molecule has 0 radical (unpaired) electrons. The van der Waals surface area contributed by atoms with Crippen molar-refractivity contribution in [3.63, 3.8) is 0 Å². The van der Waals surface area contributed by atoms with E-state index in [-0.39, 0.29) is 12.5 Å². The molecule has 2 aromatic rings. The minimum Gasteiger partial charge on any atom is -0.482 e. The van der Waals surface area contributed by atoms with Crippen LogP contribution in [-0.2, 0) is 4.79 Å². The highest BCUT2D eigenvalue weighted by Gasteiger charge is 2.06. The molecule has 0 unspecified atom stereocenters. The van der Waals surface area contributed by atoms with Crippen LogP contribution in [0.15, 0.2) is 30.5 Å². The van der Waals surface area contributed by atoms with Crippen LogP contribution >= 0.6 is 23.2 Å². The molecule has 0 saturated carbocycles. The van der Waals surface area contributed by atoms with Crippen molar-refractivity contribution in [3.05, 3.63) is 40.5 Å². The zero-order chi connectivity index (χ0) is 18.2. The normalized spacial score (nSPS) is 10.2. The number of rotatable bonds is 8. The third-order valence-electron chi connectivity index (χ3n) is 3.16. The van der Waals surface area contributed by atoms with Gasteiger partial charge in [0.15, 0.2) is 12.4 Å². The monoisotopic (exact) mass is 383 g/mol. The summed E-state index contributed by atoms with van der Waals surface area (Å²) in [6.45, 7) is 0.806. The van der Waals surface area contributed by atoms with Gasteiger partial charge in [0.1, 0.15) is 5.75 Å². The van der Waals surface area contributed by atoms with Crippen molar-refractivity contribution in [2.75, 3.05) is 44.0 Å². The second kappa shape index (κ2) is 9.29. The Hall–Kier alpha value is -2.25. The van der Waals surface area contributed by atoms with Crippen LogP contribution in [0.3, 0.4) is 0 Å². The topological polar surface area (TPSA) is 79.4 Å². The molecule has 0 atom stereocenters. The molecular weight excluding hydrogens is 365 g/mol. The molecule has 2 rings (SSSR count). The van der Waals surface area contributed by atoms with E-state index in [4.69, 9.17) is 27.9 Å². The molecule has 0 spiro atoms. The highest BCUT2D eigenvalue weighted by atomic mass is 35.5. The van der Waals surface area contributed by atoms with Gasteiger partial charge in [-0.25, -0.2) is 0 Å². The van der Waals surface area contributed by atoms with E-state index in [0.29, 0.717) is 34.7 Å². The summed E-state index contributed by atoms with van der Waals surface area (Å²) in [4.78, 5) is 13.7. The van der Waals surface area contributed by atoms with Gasteiger partial charge in [0.25, 0.3) is 5.91 Å². The number of benzene rings is 1. The molecule has 1 amide bonds. The summed E-state index contributed by atoms with van der Waals surface area (Å²) < 4.78 is 5.36. The predicted octanol–water partition coefficient (Wildman–Crippen LogP) is 2.46. The van der Waals surface area contributed by atoms with Gasteiger partial charge in [-0.1, -0.05) is 23.2 Å². The maximum absolute atomic E-state index is 11.8. The number of nitrogens with one attached hydrogen (secondary N) is 2. The van der Waals surface area contributed by atoms with Crippen LogP contribution in [0.25, 0.3) is 0 Å². The summed E-state index contributed by atoms with van der Waals surface area (Å²) in [5, 5.41) is 14.6. The Bertz CT molecular complexity index is 727. The number of ether oxygens (including phenoxy) is 1. The van der Waals surface area contributed by atoms with Crippen LogP contribution in [0.1, 0.15) is 0 Å². The van der Waals surface area contributed by atoms with Crippen LogP contribution < -0.4 is 20.3 Å². The zero-order valence-corrected chi connectivity index (χ0v) is 15.4. The van der Waals surface area contributed by atoms with Crippen LogP contribution in [0.5, 0.6) is 5.75 Å². The molecule has 1 heterocycles. The molecule has 0 aliphatic rings. The van der Waals surface area contributed by atoms with E-state index in [1.54, 1.807) is 24.4 Å². The maximum Gasteiger partial charge on any atom is 0.258 e. The average molecular weight is 384 g/mol. The predicted molar refractivity (Wildman–Crippen MR) is 99.8 cm³/mol. The lowest BCUT2D eigenvalue weighted by Crippen LogP contribution is -2.32. The van der Waals surface area contributed by atoms with E-state index in [0.717, 1.165) is 5.69 Å². The first kappa shape index (κ1) is 19.1. The maximum atomic E-state index is 11.8. The van der Waals surface area contributed by atoms with Crippen LogP contribution in [-0.4, -0.2) is 49.9 Å². The van der Waals surface area contributed by atoms with Gasteiger partial charge in [-0.3, -0.25) is 4.79 Å². The van der Waals surface area contributed by atoms with Gasteiger partial charge in [-0.15, -0.1) is 5.10 Å². The van der Waals surface area contributed by atoms with Crippen molar-refractivity contribution in [3.8, 4) is 5.75 Å². The lowest BCUT2D eigenvalue weighted by Gasteiger charge is -2.13. The summed E-state index contributed by atoms with van der Waals surface area (Å²) in [5.74, 6) is 0.806. The van der Waals surface area contributed by atoms with E-state index in [1.165, 1.54) is 0 Å². The first-order valence-electron chi connectivity index (χ1n) is 7.54. The first-order chi connectivity index (χ1) is 12.0. The molecule has 0 fully saturated rings. The standard InChI is InChI=1S/C16H19Cl2N5O2/c1-23(2)12-8-15(22-21-9-12)19-5-6-20-16(24)10-25-14-4-3-11(17)7-13(14)18/h3-4,7-9H,5-6,10H2,1-2H3,(H,19,22)(H,20,24). The van der Waals surface area contributed by atoms with Gasteiger partial charge < -0.3 is 20.3 Å². The van der Waals surface area contributed by atoms with Gasteiger partial charge in [0, 0.05) is 38.3 Å². The van der Waals surface area contributed by atoms with Gasteiger partial charge >= 0.3 is 0 Å². The van der Waals surface area contributed by atoms with Gasteiger partial charge in [0.2, 0.25) is 0 Å². The molecule has 2 N–H and O–H groups in total. The van der Waals surface area contributed by atoms with Gasteiger partial charge in [0.05, 0.1) is 16.9 Å². The van der Waals surface area contributed by atoms with Crippen molar-refractivity contribution < 1.29 is 9.53 Å². The quantitative estimate of drug-likeness (QED) is 0.681. The summed E-state index contributed by atoms with van der Waals surface area (Å²) in [6, 6.07) is 6.70. The molecule has 1 aromatic heterocycles. The van der Waals surface area contributed by atoms with E-state index in [9.17, 15) is 4.79 Å². The van der Waals surface area contributed by atoms with E-state index < -0.39 is 0 Å². The van der Waals surface area contributed by atoms with Crippen LogP contribution in [0.2, 0.25) is 10.0 Å². The lowest BCUT2D eigenvalue weighted by atomic mass is 10.3. The summed E-state index contributed by atoms with van der Waals surface area (Å²) in [6.07, 6.45) is 1.67. The van der Waals surface area contributed by atoms with Crippen molar-refractivity contribution in [2.24, 2.45) is 0 Å². The second-order valence-electron chi connectivity index (χ2n) is 5.33. The van der Waals surface area contributed by atoms with E-state index in [2.05, 4.69) is 20.8 Å². The third kappa shape index (κ3) is 6.28. The first-order valence-corrected chi connectivity index (χ1v) is 8.30. The molecule has 9 heteroatoms. The molecule has 0 aliphatic heterocycles. The van der Waals surface area contributed by atoms with Gasteiger partial charge in [-0.2, -0.15) is 5.10 Å². The Labute approximate surface area is 156 Å². The minimum atomic E-state index is -0.249. The molecule has 134 valence electrons. The SMILES string of the molecule is CN(C)c1cnnc(NCCNC(=O)COc2ccc(Cl)cc2Cl)c1. The Balaban J connectivity index is 1.69. The van der Waals surface area contributed by atoms with Crippen LogP contribution in [0, 0.1) is 0 Å². The Morgan fingerprint density at radius 3 is 2.76 bits per heavy atom. The highest BCUT2D eigenvalue weighted by Crippen LogP contribution is 2.27. The van der Waals surface area contributed by atoms with E-state index >= 15 is 0 Å². The Morgan fingerprint density at radius 1 is 1.24 bits per heavy atom. The fourth-order valence-electron chi connectivity index (χ4n) is 1.87. The van der Waals surface area contributed by atoms with Crippen molar-refractivity contribution >= 4 is 40.6 Å². The average Bonchev–Trinajstić information content (AvgIpc) is 2.58. The van der Waals surface area contributed by atoms with Crippen molar-refractivity contribution in [2.45, 2.75) is 0 Å². The number of carbonyl (C=O) groups excluding carboxylic acids is 1.